The lowest BCUT2D eigenvalue weighted by molar-refractivity contribution is -0.135. The van der Waals surface area contributed by atoms with Crippen molar-refractivity contribution in [2.24, 2.45) is 0 Å². The van der Waals surface area contributed by atoms with E-state index in [0.29, 0.717) is 6.54 Å². The third-order valence-corrected chi connectivity index (χ3v) is 5.21. The molecule has 0 saturated heterocycles. The normalized spacial score (nSPS) is 11.8. The summed E-state index contributed by atoms with van der Waals surface area (Å²) in [5.74, 6) is -0.251. The molecule has 0 aliphatic carbocycles. The third kappa shape index (κ3) is 5.23. The van der Waals surface area contributed by atoms with Gasteiger partial charge in [0, 0.05) is 13.6 Å². The van der Waals surface area contributed by atoms with Crippen LogP contribution in [0.2, 0.25) is 0 Å². The van der Waals surface area contributed by atoms with E-state index in [-0.39, 0.29) is 18.2 Å². The Morgan fingerprint density at radius 3 is 2.31 bits per heavy atom. The maximum atomic E-state index is 12.7. The lowest BCUT2D eigenvalue weighted by Crippen LogP contribution is -2.45. The van der Waals surface area contributed by atoms with E-state index >= 15 is 0 Å². The van der Waals surface area contributed by atoms with Gasteiger partial charge in [-0.15, -0.1) is 0 Å². The monoisotopic (exact) mass is 388 g/mol. The van der Waals surface area contributed by atoms with Crippen molar-refractivity contribution in [1.82, 2.24) is 10.2 Å². The summed E-state index contributed by atoms with van der Waals surface area (Å²) in [6.45, 7) is 4.37. The van der Waals surface area contributed by atoms with Gasteiger partial charge in [-0.25, -0.2) is 0 Å². The summed E-state index contributed by atoms with van der Waals surface area (Å²) < 4.78 is 0. The molecular weight excluding hydrogens is 360 g/mol. The van der Waals surface area contributed by atoms with E-state index in [4.69, 9.17) is 0 Å². The van der Waals surface area contributed by atoms with Crippen LogP contribution in [0, 0.1) is 0 Å². The van der Waals surface area contributed by atoms with E-state index in [1.807, 2.05) is 54.6 Å². The number of likely N-dealkylation sites (N-methyl/N-ethyl adjacent to an activating group) is 1. The van der Waals surface area contributed by atoms with Crippen LogP contribution in [-0.4, -0.2) is 29.8 Å². The number of nitrogens with one attached hydrogen (secondary N) is 1. The van der Waals surface area contributed by atoms with Gasteiger partial charge >= 0.3 is 0 Å². The molecule has 0 unspecified atom stereocenters. The molecule has 3 rings (SSSR count). The van der Waals surface area contributed by atoms with Gasteiger partial charge in [0.05, 0.1) is 6.42 Å². The van der Waals surface area contributed by atoms with Gasteiger partial charge in [0.2, 0.25) is 11.8 Å². The van der Waals surface area contributed by atoms with Crippen LogP contribution < -0.4 is 5.32 Å². The molecule has 1 atom stereocenters. The zero-order valence-electron chi connectivity index (χ0n) is 17.3. The number of rotatable bonds is 7. The minimum atomic E-state index is -0.572. The van der Waals surface area contributed by atoms with Gasteiger partial charge in [-0.2, -0.15) is 0 Å². The Hall–Kier alpha value is -3.14. The maximum Gasteiger partial charge on any atom is 0.244 e. The van der Waals surface area contributed by atoms with E-state index < -0.39 is 6.04 Å². The van der Waals surface area contributed by atoms with Crippen LogP contribution in [-0.2, 0) is 29.0 Å². The van der Waals surface area contributed by atoms with Gasteiger partial charge < -0.3 is 10.2 Å². The second kappa shape index (κ2) is 9.37. The highest BCUT2D eigenvalue weighted by atomic mass is 16.2. The first-order valence-electron chi connectivity index (χ1n) is 10.1. The molecule has 150 valence electrons. The highest BCUT2D eigenvalue weighted by molar-refractivity contribution is 5.92. The third-order valence-electron chi connectivity index (χ3n) is 5.21. The predicted molar refractivity (Wildman–Crippen MR) is 118 cm³/mol. The molecule has 0 radical (unpaired) electrons. The fourth-order valence-corrected chi connectivity index (χ4v) is 3.54. The minimum absolute atomic E-state index is 0.101. The van der Waals surface area contributed by atoms with Gasteiger partial charge in [-0.3, -0.25) is 9.59 Å². The van der Waals surface area contributed by atoms with Crippen LogP contribution in [0.25, 0.3) is 10.8 Å². The smallest absolute Gasteiger partial charge is 0.244 e. The summed E-state index contributed by atoms with van der Waals surface area (Å²) in [5, 5.41) is 5.02. The van der Waals surface area contributed by atoms with Crippen molar-refractivity contribution >= 4 is 22.6 Å². The average Bonchev–Trinajstić information content (AvgIpc) is 2.73. The Labute approximate surface area is 172 Å². The van der Waals surface area contributed by atoms with Crippen LogP contribution in [0.5, 0.6) is 0 Å². The molecule has 3 aromatic rings. The van der Waals surface area contributed by atoms with E-state index in [1.54, 1.807) is 18.9 Å². The van der Waals surface area contributed by atoms with Gasteiger partial charge in [0.15, 0.2) is 0 Å². The van der Waals surface area contributed by atoms with Gasteiger partial charge in [0.1, 0.15) is 6.04 Å². The molecule has 3 aromatic carbocycles. The van der Waals surface area contributed by atoms with Crippen molar-refractivity contribution < 1.29 is 9.59 Å². The zero-order chi connectivity index (χ0) is 20.8. The lowest BCUT2D eigenvalue weighted by Gasteiger charge is -2.22. The lowest BCUT2D eigenvalue weighted by atomic mass is 10.0. The van der Waals surface area contributed by atoms with E-state index in [9.17, 15) is 9.59 Å². The molecule has 0 fully saturated rings. The number of amides is 2. The number of hydrogen-bond acceptors (Lipinski definition) is 2. The highest BCUT2D eigenvalue weighted by Crippen LogP contribution is 2.19. The van der Waals surface area contributed by atoms with Gasteiger partial charge in [-0.05, 0) is 40.8 Å². The first-order valence-corrected chi connectivity index (χ1v) is 10.1. The van der Waals surface area contributed by atoms with Crippen molar-refractivity contribution in [3.05, 3.63) is 83.4 Å². The molecule has 0 aliphatic rings. The standard InChI is InChI=1S/C25H28N2O2/c1-4-19-12-14-20(15-13-19)17-27(3)25(29)18(2)26-24(28)16-22-10-7-9-21-8-5-6-11-23(21)22/h5-15,18H,4,16-17H2,1-3H3,(H,26,28)/t18-/m0/s1. The number of hydrogen-bond donors (Lipinski definition) is 1. The Kier molecular flexibility index (Phi) is 6.65. The second-order valence-corrected chi connectivity index (χ2v) is 7.47. The number of benzene rings is 3. The van der Waals surface area contributed by atoms with Crippen molar-refractivity contribution in [2.45, 2.75) is 39.3 Å². The molecule has 29 heavy (non-hydrogen) atoms. The first-order chi connectivity index (χ1) is 14.0. The zero-order valence-corrected chi connectivity index (χ0v) is 17.3. The molecule has 0 bridgehead atoms. The molecular formula is C25H28N2O2. The number of carbonyl (C=O) groups is 2. The number of carbonyl (C=O) groups excluding carboxylic acids is 2. The van der Waals surface area contributed by atoms with Crippen LogP contribution >= 0.6 is 0 Å². The summed E-state index contributed by atoms with van der Waals surface area (Å²) in [6.07, 6.45) is 1.25. The van der Waals surface area contributed by atoms with Gasteiger partial charge in [-0.1, -0.05) is 73.7 Å². The largest absolute Gasteiger partial charge is 0.344 e. The Bertz CT molecular complexity index is 990. The second-order valence-electron chi connectivity index (χ2n) is 7.47. The molecule has 0 spiro atoms. The molecule has 2 amide bonds. The minimum Gasteiger partial charge on any atom is -0.344 e. The SMILES string of the molecule is CCc1ccc(CN(C)C(=O)[C@H](C)NC(=O)Cc2cccc3ccccc23)cc1. The molecule has 0 aromatic heterocycles. The molecule has 4 heteroatoms. The van der Waals surface area contributed by atoms with E-state index in [1.165, 1.54) is 5.56 Å². The fraction of sp³-hybridized carbons (Fsp3) is 0.280. The van der Waals surface area contributed by atoms with Crippen molar-refractivity contribution in [1.29, 1.82) is 0 Å². The van der Waals surface area contributed by atoms with E-state index in [0.717, 1.165) is 28.3 Å². The molecule has 0 heterocycles. The Balaban J connectivity index is 1.58. The van der Waals surface area contributed by atoms with Crippen LogP contribution in [0.1, 0.15) is 30.5 Å². The number of fused-ring (bicyclic) bond motifs is 1. The van der Waals surface area contributed by atoms with Crippen LogP contribution in [0.15, 0.2) is 66.7 Å². The Morgan fingerprint density at radius 1 is 0.931 bits per heavy atom. The highest BCUT2D eigenvalue weighted by Gasteiger charge is 2.20. The molecule has 0 saturated carbocycles. The van der Waals surface area contributed by atoms with Gasteiger partial charge in [0.25, 0.3) is 0 Å². The fourth-order valence-electron chi connectivity index (χ4n) is 3.54. The quantitative estimate of drug-likeness (QED) is 0.662. The predicted octanol–water partition coefficient (Wildman–Crippen LogP) is 4.11. The molecule has 1 N–H and O–H groups in total. The Morgan fingerprint density at radius 2 is 1.59 bits per heavy atom. The maximum absolute atomic E-state index is 12.7. The number of aryl methyl sites for hydroxylation is 1. The average molecular weight is 389 g/mol. The van der Waals surface area contributed by atoms with E-state index in [2.05, 4.69) is 24.4 Å². The van der Waals surface area contributed by atoms with Crippen molar-refractivity contribution in [3.63, 3.8) is 0 Å². The van der Waals surface area contributed by atoms with Crippen molar-refractivity contribution in [2.75, 3.05) is 7.05 Å². The molecule has 4 nitrogen and oxygen atoms in total. The van der Waals surface area contributed by atoms with Crippen LogP contribution in [0.3, 0.4) is 0 Å². The molecule has 0 aliphatic heterocycles. The summed E-state index contributed by atoms with van der Waals surface area (Å²) in [5.41, 5.74) is 3.31. The summed E-state index contributed by atoms with van der Waals surface area (Å²) >= 11 is 0. The summed E-state index contributed by atoms with van der Waals surface area (Å²) in [7, 11) is 1.77. The van der Waals surface area contributed by atoms with Crippen molar-refractivity contribution in [3.8, 4) is 0 Å². The summed E-state index contributed by atoms with van der Waals surface area (Å²) in [6, 6.07) is 21.6. The first kappa shape index (κ1) is 20.6. The number of nitrogens with zero attached hydrogens (tertiary/aromatic N) is 1. The van der Waals surface area contributed by atoms with Crippen LogP contribution in [0.4, 0.5) is 0 Å². The topological polar surface area (TPSA) is 49.4 Å². The summed E-state index contributed by atoms with van der Waals surface area (Å²) in [4.78, 5) is 26.9.